The summed E-state index contributed by atoms with van der Waals surface area (Å²) >= 11 is 0. The maximum atomic E-state index is 6.28. The van der Waals surface area contributed by atoms with Gasteiger partial charge in [0.2, 0.25) is 0 Å². The molecule has 0 fully saturated rings. The van der Waals surface area contributed by atoms with Crippen LogP contribution >= 0.6 is 0 Å². The first-order chi connectivity index (χ1) is 20.0. The Bertz CT molecular complexity index is 1080. The Morgan fingerprint density at radius 3 is 1.22 bits per heavy atom. The predicted molar refractivity (Wildman–Crippen MR) is 173 cm³/mol. The summed E-state index contributed by atoms with van der Waals surface area (Å²) < 4.78 is 40.2. The van der Waals surface area contributed by atoms with E-state index >= 15 is 0 Å². The minimum atomic E-state index is -3.07. The fraction of sp³-hybridized carbons (Fsp3) is 0.625. The lowest BCUT2D eigenvalue weighted by Crippen LogP contribution is -2.57. The van der Waals surface area contributed by atoms with Gasteiger partial charge in [-0.05, 0) is 72.2 Å². The lowest BCUT2D eigenvalue weighted by atomic mass is 10.1. The Kier molecular flexibility index (Phi) is 14.0. The molecule has 0 bridgehead atoms. The van der Waals surface area contributed by atoms with Crippen molar-refractivity contribution in [1.29, 1.82) is 0 Å². The normalized spacial score (nSPS) is 12.7. The topological polar surface area (TPSA) is 60.3 Å². The number of nitrogens with zero attached hydrogens (tertiary/aromatic N) is 1. The molecule has 3 aromatic rings. The van der Waals surface area contributed by atoms with Crippen molar-refractivity contribution in [3.05, 3.63) is 36.4 Å². The van der Waals surface area contributed by atoms with E-state index in [2.05, 4.69) is 47.9 Å². The van der Waals surface area contributed by atoms with Gasteiger partial charge in [0.25, 0.3) is 0 Å². The quantitative estimate of drug-likeness (QED) is 0.100. The highest BCUT2D eigenvalue weighted by molar-refractivity contribution is 6.76. The summed E-state index contributed by atoms with van der Waals surface area (Å²) in [6.07, 6.45) is 7.57. The SMILES string of the molecule is CCCCCCCCn1c2ccc([Si](OCC)(OCC)OCC)cc2c2cc([Si](OCC)(OCC)OCC)ccc21. The second-order valence-electron chi connectivity index (χ2n) is 10.1. The van der Waals surface area contributed by atoms with Crippen LogP contribution in [-0.2, 0) is 33.1 Å². The van der Waals surface area contributed by atoms with Crippen LogP contribution in [0.3, 0.4) is 0 Å². The molecular formula is C32H53NO6Si2. The highest BCUT2D eigenvalue weighted by Crippen LogP contribution is 2.30. The Morgan fingerprint density at radius 2 is 0.854 bits per heavy atom. The Morgan fingerprint density at radius 1 is 0.488 bits per heavy atom. The molecule has 0 N–H and O–H groups in total. The van der Waals surface area contributed by atoms with E-state index in [1.807, 2.05) is 41.5 Å². The summed E-state index contributed by atoms with van der Waals surface area (Å²) in [6, 6.07) is 13.2. The van der Waals surface area contributed by atoms with Gasteiger partial charge in [0.05, 0.1) is 0 Å². The number of unbranched alkanes of at least 4 members (excludes halogenated alkanes) is 5. The molecule has 0 amide bonds. The maximum Gasteiger partial charge on any atom is 0.537 e. The van der Waals surface area contributed by atoms with Gasteiger partial charge in [0.1, 0.15) is 0 Å². The molecule has 0 aliphatic carbocycles. The van der Waals surface area contributed by atoms with Crippen LogP contribution in [0.2, 0.25) is 0 Å². The molecular weight excluding hydrogens is 551 g/mol. The third-order valence-electron chi connectivity index (χ3n) is 7.31. The summed E-state index contributed by atoms with van der Waals surface area (Å²) in [7, 11) is -6.15. The molecule has 7 nitrogen and oxygen atoms in total. The number of rotatable bonds is 21. The first kappa shape index (κ1) is 33.9. The third kappa shape index (κ3) is 7.89. The molecule has 0 spiro atoms. The number of aryl methyl sites for hydroxylation is 1. The second-order valence-corrected chi connectivity index (χ2v) is 15.2. The third-order valence-corrected chi connectivity index (χ3v) is 13.4. The number of fused-ring (bicyclic) bond motifs is 3. The molecule has 0 aliphatic heterocycles. The monoisotopic (exact) mass is 603 g/mol. The van der Waals surface area contributed by atoms with Gasteiger partial charge in [-0.2, -0.15) is 0 Å². The van der Waals surface area contributed by atoms with E-state index in [1.165, 1.54) is 43.1 Å². The summed E-state index contributed by atoms with van der Waals surface area (Å²) in [5, 5.41) is 4.30. The first-order valence-corrected chi connectivity index (χ1v) is 19.3. The van der Waals surface area contributed by atoms with Crippen LogP contribution in [0.25, 0.3) is 21.8 Å². The van der Waals surface area contributed by atoms with Crippen molar-refractivity contribution < 1.29 is 26.6 Å². The van der Waals surface area contributed by atoms with Crippen LogP contribution in [0, 0.1) is 0 Å². The summed E-state index contributed by atoms with van der Waals surface area (Å²) in [4.78, 5) is 0. The first-order valence-electron chi connectivity index (χ1n) is 15.9. The zero-order valence-corrected chi connectivity index (χ0v) is 28.6. The molecule has 0 radical (unpaired) electrons. The molecule has 1 heterocycles. The van der Waals surface area contributed by atoms with Gasteiger partial charge < -0.3 is 31.1 Å². The molecule has 0 aliphatic rings. The predicted octanol–water partition coefficient (Wildman–Crippen LogP) is 6.67. The molecule has 41 heavy (non-hydrogen) atoms. The Labute approximate surface area is 250 Å². The van der Waals surface area contributed by atoms with E-state index in [-0.39, 0.29) is 0 Å². The molecule has 230 valence electrons. The molecule has 0 saturated carbocycles. The average molecular weight is 604 g/mol. The van der Waals surface area contributed by atoms with E-state index < -0.39 is 17.6 Å². The number of hydrogen-bond acceptors (Lipinski definition) is 6. The minimum Gasteiger partial charge on any atom is -0.370 e. The average Bonchev–Trinajstić information content (AvgIpc) is 3.28. The highest BCUT2D eigenvalue weighted by Gasteiger charge is 2.45. The lowest BCUT2D eigenvalue weighted by Gasteiger charge is -2.29. The lowest BCUT2D eigenvalue weighted by molar-refractivity contribution is 0.0851. The fourth-order valence-corrected chi connectivity index (χ4v) is 10.7. The largest absolute Gasteiger partial charge is 0.537 e. The van der Waals surface area contributed by atoms with Crippen LogP contribution in [0.5, 0.6) is 0 Å². The van der Waals surface area contributed by atoms with Crippen LogP contribution in [0.15, 0.2) is 36.4 Å². The number of hydrogen-bond donors (Lipinski definition) is 0. The van der Waals surface area contributed by atoms with Crippen molar-refractivity contribution in [2.75, 3.05) is 39.6 Å². The molecule has 2 aromatic carbocycles. The maximum absolute atomic E-state index is 6.28. The zero-order valence-electron chi connectivity index (χ0n) is 26.6. The number of aromatic nitrogens is 1. The summed E-state index contributed by atoms with van der Waals surface area (Å²) in [6.45, 7) is 18.4. The van der Waals surface area contributed by atoms with E-state index in [1.54, 1.807) is 0 Å². The van der Waals surface area contributed by atoms with Crippen molar-refractivity contribution in [3.63, 3.8) is 0 Å². The highest BCUT2D eigenvalue weighted by atomic mass is 28.4. The molecule has 0 unspecified atom stereocenters. The van der Waals surface area contributed by atoms with Gasteiger partial charge in [-0.1, -0.05) is 51.2 Å². The van der Waals surface area contributed by atoms with Gasteiger partial charge in [0, 0.05) is 78.4 Å². The van der Waals surface area contributed by atoms with Gasteiger partial charge >= 0.3 is 17.6 Å². The van der Waals surface area contributed by atoms with Gasteiger partial charge in [-0.25, -0.2) is 0 Å². The smallest absolute Gasteiger partial charge is 0.370 e. The van der Waals surface area contributed by atoms with Gasteiger partial charge in [-0.15, -0.1) is 0 Å². The number of benzene rings is 2. The summed E-state index contributed by atoms with van der Waals surface area (Å²) in [5.74, 6) is 0. The van der Waals surface area contributed by atoms with Crippen LogP contribution in [0.4, 0.5) is 0 Å². The Hall–Kier alpha value is -1.57. The van der Waals surface area contributed by atoms with Crippen LogP contribution in [0.1, 0.15) is 87.0 Å². The van der Waals surface area contributed by atoms with E-state index in [0.29, 0.717) is 39.6 Å². The van der Waals surface area contributed by atoms with Crippen LogP contribution < -0.4 is 10.4 Å². The van der Waals surface area contributed by atoms with Crippen molar-refractivity contribution in [2.45, 2.75) is 93.5 Å². The summed E-state index contributed by atoms with van der Waals surface area (Å²) in [5.41, 5.74) is 2.41. The van der Waals surface area contributed by atoms with Crippen molar-refractivity contribution in [1.82, 2.24) is 4.57 Å². The van der Waals surface area contributed by atoms with Gasteiger partial charge in [0.15, 0.2) is 0 Å². The molecule has 9 heteroatoms. The fourth-order valence-electron chi connectivity index (χ4n) is 5.67. The minimum absolute atomic E-state index is 0.527. The molecule has 0 saturated heterocycles. The van der Waals surface area contributed by atoms with E-state index in [4.69, 9.17) is 26.6 Å². The van der Waals surface area contributed by atoms with E-state index in [0.717, 1.165) is 34.1 Å². The Balaban J connectivity index is 2.21. The molecule has 3 rings (SSSR count). The second kappa shape index (κ2) is 16.9. The zero-order chi connectivity index (χ0) is 29.7. The van der Waals surface area contributed by atoms with Crippen molar-refractivity contribution in [2.24, 2.45) is 0 Å². The van der Waals surface area contributed by atoms with Crippen molar-refractivity contribution in [3.8, 4) is 0 Å². The van der Waals surface area contributed by atoms with Gasteiger partial charge in [-0.3, -0.25) is 0 Å². The van der Waals surface area contributed by atoms with Crippen LogP contribution in [-0.4, -0.2) is 61.8 Å². The van der Waals surface area contributed by atoms with E-state index in [9.17, 15) is 0 Å². The molecule has 1 aromatic heterocycles. The standard InChI is InChI=1S/C32H53NO6Si2/c1-8-15-16-17-18-19-24-33-31-22-20-27(40(34-9-2,35-10-3)36-11-4)25-29(31)30-26-28(21-23-32(30)33)41(37-12-5,38-13-6)39-14-7/h20-23,25-26H,8-19,24H2,1-7H3. The van der Waals surface area contributed by atoms with Crippen molar-refractivity contribution >= 4 is 49.8 Å². The molecule has 0 atom stereocenters.